The summed E-state index contributed by atoms with van der Waals surface area (Å²) in [5.41, 5.74) is -0.0294. The molecule has 1 saturated heterocycles. The second kappa shape index (κ2) is 17.2. The van der Waals surface area contributed by atoms with Gasteiger partial charge in [-0.1, -0.05) is 115 Å². The number of fused-ring (bicyclic) bond motifs is 9. The van der Waals surface area contributed by atoms with Crippen LogP contribution in [0.4, 0.5) is 0 Å². The van der Waals surface area contributed by atoms with Gasteiger partial charge in [-0.2, -0.15) is 0 Å². The Kier molecular flexibility index (Phi) is 13.3. The largest absolute Gasteiger partial charge is 0.393 e. The van der Waals surface area contributed by atoms with E-state index in [1.54, 1.807) is 0 Å². The zero-order chi connectivity index (χ0) is 44.5. The van der Waals surface area contributed by atoms with Gasteiger partial charge in [0.1, 0.15) is 5.60 Å². The lowest BCUT2D eigenvalue weighted by molar-refractivity contribution is -0.264. The first-order valence-electron chi connectivity index (χ1n) is 27.2. The Balaban J connectivity index is 0.000000177. The Labute approximate surface area is 371 Å². The Morgan fingerprint density at radius 3 is 1.55 bits per heavy atom. The third kappa shape index (κ3) is 7.58. The van der Waals surface area contributed by atoms with E-state index in [-0.39, 0.29) is 17.1 Å². The van der Waals surface area contributed by atoms with Crippen LogP contribution in [0.1, 0.15) is 219 Å². The first-order chi connectivity index (χ1) is 28.7. The summed E-state index contributed by atoms with van der Waals surface area (Å²) in [6.45, 7) is 24.5. The lowest BCUT2D eigenvalue weighted by Crippen LogP contribution is -2.68. The van der Waals surface area contributed by atoms with E-state index in [4.69, 9.17) is 6.11 Å². The summed E-state index contributed by atoms with van der Waals surface area (Å²) in [5.74, 6) is 9.44. The highest BCUT2D eigenvalue weighted by Gasteiger charge is 2.76. The molecule has 348 valence electrons. The van der Waals surface area contributed by atoms with Crippen LogP contribution >= 0.6 is 0 Å². The van der Waals surface area contributed by atoms with Crippen LogP contribution in [0, 0.1) is 92.7 Å². The van der Waals surface area contributed by atoms with Crippen molar-refractivity contribution in [2.24, 2.45) is 92.7 Å². The maximum absolute atomic E-state index is 11.6. The van der Waals surface area contributed by atoms with Gasteiger partial charge in [0.2, 0.25) is 0 Å². The monoisotopic (exact) mass is 841 g/mol. The molecule has 8 aliphatic carbocycles. The van der Waals surface area contributed by atoms with Crippen molar-refractivity contribution in [3.8, 4) is 0 Å². The predicted octanol–water partition coefficient (Wildman–Crippen LogP) is 12.8. The maximum atomic E-state index is 11.6. The van der Waals surface area contributed by atoms with Gasteiger partial charge in [-0.3, -0.25) is 0 Å². The molecule has 8 saturated carbocycles. The van der Waals surface area contributed by atoms with Crippen molar-refractivity contribution in [3.63, 3.8) is 0 Å². The van der Waals surface area contributed by atoms with Gasteiger partial charge in [0.05, 0.1) is 30.0 Å². The van der Waals surface area contributed by atoms with Crippen LogP contribution in [0.5, 0.6) is 0 Å². The smallest absolute Gasteiger partial charge is 0.103 e. The molecule has 1 heterocycles. The van der Waals surface area contributed by atoms with Crippen LogP contribution in [0.15, 0.2) is 0 Å². The lowest BCUT2D eigenvalue weighted by Gasteiger charge is -2.65. The number of aliphatic hydroxyl groups excluding tert-OH is 3. The maximum Gasteiger partial charge on any atom is 0.103 e. The second-order valence-corrected chi connectivity index (χ2v) is 25.9. The lowest BCUT2D eigenvalue weighted by atomic mass is 9.42. The van der Waals surface area contributed by atoms with Crippen molar-refractivity contribution in [3.05, 3.63) is 0 Å². The molecular weight excluding hydrogens is 741 g/mol. The molecule has 1 aliphatic heterocycles. The summed E-state index contributed by atoms with van der Waals surface area (Å²) in [4.78, 5) is 0. The second-order valence-electron chi connectivity index (χ2n) is 25.9. The Hall–Kier alpha value is -0.200. The average Bonchev–Trinajstić information content (AvgIpc) is 3.59. The van der Waals surface area contributed by atoms with E-state index in [1.807, 2.05) is 0 Å². The Bertz CT molecular complexity index is 1470. The van der Waals surface area contributed by atoms with Crippen LogP contribution in [0.25, 0.3) is 0 Å². The highest BCUT2D eigenvalue weighted by molar-refractivity contribution is 5.24. The van der Waals surface area contributed by atoms with E-state index in [2.05, 4.69) is 69.2 Å². The van der Waals surface area contributed by atoms with E-state index < -0.39 is 17.8 Å². The van der Waals surface area contributed by atoms with Gasteiger partial charge in [-0.05, 0) is 172 Å². The minimum atomic E-state index is -1.11. The van der Waals surface area contributed by atoms with Gasteiger partial charge in [0, 0.05) is 25.0 Å². The zero-order valence-electron chi connectivity index (χ0n) is 42.0. The van der Waals surface area contributed by atoms with Gasteiger partial charge < -0.3 is 25.2 Å². The van der Waals surface area contributed by atoms with E-state index >= 15 is 0 Å². The molecule has 9 rings (SSSR count). The number of hydrogen-bond acceptors (Lipinski definition) is 5. The Morgan fingerprint density at radius 1 is 0.567 bits per heavy atom. The summed E-state index contributed by atoms with van der Waals surface area (Å²) in [6.07, 6.45) is 25.5. The molecule has 0 bridgehead atoms. The molecule has 9 fully saturated rings. The molecule has 0 aromatic rings. The SMILES string of the molecule is CC(C)CCC[C@H](C)C1CC[C@H]2C3CC4O[C@]45C[C@@H](O)CC[C@]5(C)C3CC[C@]12C.CC(C)CCC[C@H](C)C1CC[C@H]2C3C[C@@H](O)[C@]4(O)C[C@@H](O)CC[C@]4(C)C3CC[C@]12C.[3H]C. The van der Waals surface area contributed by atoms with Crippen molar-refractivity contribution in [2.45, 2.75) is 254 Å². The average molecular weight is 841 g/mol. The normalized spacial score (nSPS) is 52.3. The van der Waals surface area contributed by atoms with Crippen LogP contribution in [0.2, 0.25) is 0 Å². The summed E-state index contributed by atoms with van der Waals surface area (Å²) in [7, 11) is 1.25. The predicted molar refractivity (Wildman–Crippen MR) is 247 cm³/mol. The van der Waals surface area contributed by atoms with Crippen molar-refractivity contribution >= 4 is 0 Å². The topological polar surface area (TPSA) is 93.5 Å². The van der Waals surface area contributed by atoms with Crippen molar-refractivity contribution in [1.29, 1.82) is 0 Å². The number of epoxide rings is 1. The van der Waals surface area contributed by atoms with Gasteiger partial charge in [0.15, 0.2) is 0 Å². The molecule has 1 spiro atoms. The van der Waals surface area contributed by atoms with Crippen LogP contribution in [-0.4, -0.2) is 56.0 Å². The summed E-state index contributed by atoms with van der Waals surface area (Å²) < 4.78 is 12.3. The highest BCUT2D eigenvalue weighted by atomic mass is 16.6. The third-order valence-electron chi connectivity index (χ3n) is 22.3. The fraction of sp³-hybridized carbons (Fsp3) is 1.00. The van der Waals surface area contributed by atoms with Crippen LogP contribution in [0.3, 0.4) is 0 Å². The highest BCUT2D eigenvalue weighted by Crippen LogP contribution is 2.75. The molecule has 9 aliphatic rings. The number of rotatable bonds is 10. The number of hydrogen-bond donors (Lipinski definition) is 4. The third-order valence-corrected chi connectivity index (χ3v) is 22.3. The van der Waals surface area contributed by atoms with Crippen LogP contribution in [-0.2, 0) is 4.74 Å². The standard InChI is InChI=1S/C27H48O3.C27H46O2.CH4/c1-17(2)7-6-8-18(3)21-9-10-22-20-15-24(29)27(30)16-19(28)11-14-26(27,5)23(20)12-13-25(21,22)4;1-17(2)7-6-8-18(3)21-9-10-22-20-15-24-27(29-24)16-19(28)11-14-26(27,5)23(20)12-13-25(21,22)4;/h17-24,28-30H,6-16H2,1-5H3;17-24,28H,6-16H2,1-5H3;1H4/t18-,19-,20?,21?,22-,23?,24+,25+,26+,27+;18-,19-,20?,21?,22-,23?,24?,25+,26+,27+;/m00./s1/i;;1T. The van der Waals surface area contributed by atoms with Gasteiger partial charge in [-0.15, -0.1) is 0 Å². The zero-order valence-corrected chi connectivity index (χ0v) is 41.0. The minimum absolute atomic E-state index is 0.0434. The molecule has 0 aromatic heterocycles. The molecule has 0 aromatic carbocycles. The van der Waals surface area contributed by atoms with E-state index in [9.17, 15) is 20.4 Å². The van der Waals surface area contributed by atoms with Gasteiger partial charge in [0.25, 0.3) is 0 Å². The summed E-state index contributed by atoms with van der Waals surface area (Å²) >= 11 is 0. The molecule has 7 unspecified atom stereocenters. The number of aliphatic hydroxyl groups is 4. The fourth-order valence-electron chi connectivity index (χ4n) is 19.0. The first kappa shape index (κ1) is 46.3. The molecular formula is C55H98O5. The molecule has 5 nitrogen and oxygen atoms in total. The van der Waals surface area contributed by atoms with Gasteiger partial charge >= 0.3 is 0 Å². The Morgan fingerprint density at radius 2 is 1.03 bits per heavy atom. The molecule has 60 heavy (non-hydrogen) atoms. The molecule has 0 amide bonds. The fourth-order valence-corrected chi connectivity index (χ4v) is 19.0. The summed E-state index contributed by atoms with van der Waals surface area (Å²) in [5, 5.41) is 43.4. The van der Waals surface area contributed by atoms with Crippen molar-refractivity contribution in [1.82, 2.24) is 0 Å². The van der Waals surface area contributed by atoms with Crippen molar-refractivity contribution < 1.29 is 26.5 Å². The van der Waals surface area contributed by atoms with E-state index in [0.29, 0.717) is 46.5 Å². The first-order valence-corrected chi connectivity index (χ1v) is 26.2. The van der Waals surface area contributed by atoms with Crippen molar-refractivity contribution in [2.75, 3.05) is 0 Å². The summed E-state index contributed by atoms with van der Waals surface area (Å²) in [6, 6.07) is 0. The minimum Gasteiger partial charge on any atom is -0.393 e. The molecule has 0 radical (unpaired) electrons. The van der Waals surface area contributed by atoms with Gasteiger partial charge in [-0.25, -0.2) is 0 Å². The van der Waals surface area contributed by atoms with Crippen LogP contribution < -0.4 is 0 Å². The molecule has 4 N–H and O–H groups in total. The molecule has 20 atom stereocenters. The van der Waals surface area contributed by atoms with E-state index in [1.165, 1.54) is 110 Å². The number of ether oxygens (including phenoxy) is 1. The quantitative estimate of drug-likeness (QED) is 0.164. The van der Waals surface area contributed by atoms with E-state index in [0.717, 1.165) is 85.4 Å². The molecule has 5 heteroatoms.